The molecule has 0 spiro atoms. The first-order valence-corrected chi connectivity index (χ1v) is 9.43. The van der Waals surface area contributed by atoms with Gasteiger partial charge in [0.05, 0.1) is 6.04 Å². The number of nitrogens with one attached hydrogen (secondary N) is 1. The molecule has 27 heavy (non-hydrogen) atoms. The largest absolute Gasteiger partial charge is 0.461 e. The average Bonchev–Trinajstić information content (AvgIpc) is 3.26. The predicted octanol–water partition coefficient (Wildman–Crippen LogP) is 1.40. The number of cyclic esters (lactones) is 1. The van der Waals surface area contributed by atoms with Crippen LogP contribution >= 0.6 is 0 Å². The first-order chi connectivity index (χ1) is 13.0. The number of ether oxygens (including phenoxy) is 2. The van der Waals surface area contributed by atoms with Crippen LogP contribution in [0, 0.1) is 0 Å². The lowest BCUT2D eigenvalue weighted by atomic mass is 10.1. The number of carbonyl (C=O) groups excluding carboxylic acids is 3. The highest BCUT2D eigenvalue weighted by Crippen LogP contribution is 2.21. The molecule has 2 fully saturated rings. The second-order valence-electron chi connectivity index (χ2n) is 7.21. The van der Waals surface area contributed by atoms with Crippen molar-refractivity contribution in [2.24, 2.45) is 0 Å². The van der Waals surface area contributed by atoms with Crippen LogP contribution in [0.15, 0.2) is 30.3 Å². The molecular formula is C20H26N2O5. The minimum absolute atomic E-state index is 0.148. The summed E-state index contributed by atoms with van der Waals surface area (Å²) >= 11 is 0. The van der Waals surface area contributed by atoms with Gasteiger partial charge in [-0.25, -0.2) is 4.79 Å². The highest BCUT2D eigenvalue weighted by molar-refractivity contribution is 5.88. The maximum atomic E-state index is 12.8. The van der Waals surface area contributed by atoms with E-state index >= 15 is 0 Å². The fourth-order valence-corrected chi connectivity index (χ4v) is 3.61. The van der Waals surface area contributed by atoms with E-state index in [1.165, 1.54) is 0 Å². The molecule has 0 aromatic heterocycles. The van der Waals surface area contributed by atoms with Crippen LogP contribution in [0.25, 0.3) is 0 Å². The molecule has 0 bridgehead atoms. The number of amides is 1. The van der Waals surface area contributed by atoms with Gasteiger partial charge < -0.3 is 14.4 Å². The van der Waals surface area contributed by atoms with Crippen LogP contribution in [0.4, 0.5) is 0 Å². The Hall–Kier alpha value is -2.41. The summed E-state index contributed by atoms with van der Waals surface area (Å²) < 4.78 is 10.5. The normalized spacial score (nSPS) is 25.9. The van der Waals surface area contributed by atoms with Crippen LogP contribution in [0.2, 0.25) is 0 Å². The molecule has 7 nitrogen and oxygen atoms in total. The van der Waals surface area contributed by atoms with Crippen LogP contribution in [-0.4, -0.2) is 53.5 Å². The Morgan fingerprint density at radius 3 is 2.74 bits per heavy atom. The van der Waals surface area contributed by atoms with Crippen LogP contribution < -0.4 is 5.32 Å². The zero-order valence-electron chi connectivity index (χ0n) is 15.7. The monoisotopic (exact) mass is 374 g/mol. The van der Waals surface area contributed by atoms with E-state index in [-0.39, 0.29) is 30.6 Å². The third-order valence-electron chi connectivity index (χ3n) is 5.02. The summed E-state index contributed by atoms with van der Waals surface area (Å²) in [5, 5.41) is 3.04. The molecule has 2 aliphatic heterocycles. The zero-order valence-corrected chi connectivity index (χ0v) is 15.7. The molecule has 1 amide bonds. The number of likely N-dealkylation sites (tertiary alicyclic amines) is 1. The van der Waals surface area contributed by atoms with Gasteiger partial charge in [0.15, 0.2) is 0 Å². The third kappa shape index (κ3) is 4.66. The van der Waals surface area contributed by atoms with E-state index in [0.717, 1.165) is 12.0 Å². The van der Waals surface area contributed by atoms with Gasteiger partial charge >= 0.3 is 11.9 Å². The lowest BCUT2D eigenvalue weighted by Crippen LogP contribution is -2.52. The Morgan fingerprint density at radius 1 is 1.33 bits per heavy atom. The van der Waals surface area contributed by atoms with Crippen molar-refractivity contribution in [3.05, 3.63) is 35.9 Å². The summed E-state index contributed by atoms with van der Waals surface area (Å²) in [4.78, 5) is 38.6. The number of hydrogen-bond donors (Lipinski definition) is 1. The van der Waals surface area contributed by atoms with E-state index in [1.54, 1.807) is 11.8 Å². The topological polar surface area (TPSA) is 84.9 Å². The van der Waals surface area contributed by atoms with Crippen LogP contribution in [0.5, 0.6) is 0 Å². The quantitative estimate of drug-likeness (QED) is 0.758. The molecular weight excluding hydrogens is 348 g/mol. The smallest absolute Gasteiger partial charge is 0.329 e. The van der Waals surface area contributed by atoms with Gasteiger partial charge in [-0.2, -0.15) is 0 Å². The van der Waals surface area contributed by atoms with Gasteiger partial charge in [-0.05, 0) is 32.3 Å². The van der Waals surface area contributed by atoms with Crippen molar-refractivity contribution in [2.45, 2.75) is 63.9 Å². The van der Waals surface area contributed by atoms with Gasteiger partial charge in [0.2, 0.25) is 5.91 Å². The first-order valence-electron chi connectivity index (χ1n) is 9.43. The Kier molecular flexibility index (Phi) is 6.11. The highest BCUT2D eigenvalue weighted by Gasteiger charge is 2.39. The number of carbonyl (C=O) groups is 3. The van der Waals surface area contributed by atoms with Gasteiger partial charge in [-0.3, -0.25) is 14.9 Å². The number of benzene rings is 1. The molecule has 1 N–H and O–H groups in total. The zero-order chi connectivity index (χ0) is 19.4. The molecule has 2 saturated heterocycles. The molecule has 0 saturated carbocycles. The van der Waals surface area contributed by atoms with Gasteiger partial charge in [0.25, 0.3) is 0 Å². The molecule has 0 aliphatic carbocycles. The number of nitrogens with zero attached hydrogens (tertiary/aromatic N) is 1. The van der Waals surface area contributed by atoms with Crippen LogP contribution in [-0.2, 0) is 30.5 Å². The molecule has 2 heterocycles. The van der Waals surface area contributed by atoms with E-state index in [1.807, 2.05) is 37.3 Å². The van der Waals surface area contributed by atoms with E-state index < -0.39 is 18.1 Å². The van der Waals surface area contributed by atoms with Crippen molar-refractivity contribution in [3.8, 4) is 0 Å². The second kappa shape index (κ2) is 8.52. The standard InChI is InChI=1S/C20H26N2O5/c1-13-11-16(19(24)27-13)21-14(2)18(23)22-10-6-9-17(22)20(25)26-12-15-7-4-3-5-8-15/h3-5,7-8,13-14,16-17,21H,6,9-12H2,1-2H3/t13?,14-,16?,17-/m0/s1. The molecule has 2 aliphatic rings. The first kappa shape index (κ1) is 19.4. The number of hydrogen-bond acceptors (Lipinski definition) is 6. The lowest BCUT2D eigenvalue weighted by Gasteiger charge is -2.27. The molecule has 4 atom stereocenters. The van der Waals surface area contributed by atoms with E-state index in [4.69, 9.17) is 9.47 Å². The molecule has 3 rings (SSSR count). The molecule has 1 aromatic rings. The van der Waals surface area contributed by atoms with Crippen molar-refractivity contribution >= 4 is 17.8 Å². The number of esters is 2. The third-order valence-corrected chi connectivity index (χ3v) is 5.02. The number of rotatable bonds is 6. The van der Waals surface area contributed by atoms with E-state index in [2.05, 4.69) is 5.32 Å². The lowest BCUT2D eigenvalue weighted by molar-refractivity contribution is -0.155. The summed E-state index contributed by atoms with van der Waals surface area (Å²) in [6, 6.07) is 7.82. The van der Waals surface area contributed by atoms with Crippen molar-refractivity contribution < 1.29 is 23.9 Å². The summed E-state index contributed by atoms with van der Waals surface area (Å²) in [5.74, 6) is -0.908. The second-order valence-corrected chi connectivity index (χ2v) is 7.21. The average molecular weight is 374 g/mol. The maximum absolute atomic E-state index is 12.8. The van der Waals surface area contributed by atoms with Gasteiger partial charge in [0, 0.05) is 13.0 Å². The predicted molar refractivity (Wildman–Crippen MR) is 97.5 cm³/mol. The summed E-state index contributed by atoms with van der Waals surface area (Å²) in [6.07, 6.45) is 1.74. The maximum Gasteiger partial charge on any atom is 0.329 e. The van der Waals surface area contributed by atoms with Crippen molar-refractivity contribution in [1.29, 1.82) is 0 Å². The van der Waals surface area contributed by atoms with Crippen LogP contribution in [0.3, 0.4) is 0 Å². The Labute approximate surface area is 159 Å². The molecule has 1 aromatic carbocycles. The fourth-order valence-electron chi connectivity index (χ4n) is 3.61. The Balaban J connectivity index is 1.55. The molecule has 0 radical (unpaired) electrons. The summed E-state index contributed by atoms with van der Waals surface area (Å²) in [7, 11) is 0. The van der Waals surface area contributed by atoms with Gasteiger partial charge in [-0.15, -0.1) is 0 Å². The molecule has 2 unspecified atom stereocenters. The van der Waals surface area contributed by atoms with Crippen molar-refractivity contribution in [3.63, 3.8) is 0 Å². The van der Waals surface area contributed by atoms with Gasteiger partial charge in [-0.1, -0.05) is 30.3 Å². The molecule has 7 heteroatoms. The summed E-state index contributed by atoms with van der Waals surface area (Å²) in [6.45, 7) is 4.24. The highest BCUT2D eigenvalue weighted by atomic mass is 16.6. The van der Waals surface area contributed by atoms with Gasteiger partial charge in [0.1, 0.15) is 24.8 Å². The fraction of sp³-hybridized carbons (Fsp3) is 0.550. The Bertz CT molecular complexity index is 693. The van der Waals surface area contributed by atoms with E-state index in [0.29, 0.717) is 19.4 Å². The van der Waals surface area contributed by atoms with Crippen molar-refractivity contribution in [1.82, 2.24) is 10.2 Å². The Morgan fingerprint density at radius 2 is 2.07 bits per heavy atom. The minimum atomic E-state index is -0.574. The van der Waals surface area contributed by atoms with Crippen LogP contribution in [0.1, 0.15) is 38.7 Å². The van der Waals surface area contributed by atoms with Crippen molar-refractivity contribution in [2.75, 3.05) is 6.54 Å². The SMILES string of the molecule is CC1CC(N[C@@H](C)C(=O)N2CCC[C@H]2C(=O)OCc2ccccc2)C(=O)O1. The van der Waals surface area contributed by atoms with E-state index in [9.17, 15) is 14.4 Å². The minimum Gasteiger partial charge on any atom is -0.461 e. The summed E-state index contributed by atoms with van der Waals surface area (Å²) in [5.41, 5.74) is 0.908. The molecule has 146 valence electrons.